The van der Waals surface area contributed by atoms with Gasteiger partial charge in [-0.3, -0.25) is 4.79 Å². The number of hydrogen-bond donors (Lipinski definition) is 6. The van der Waals surface area contributed by atoms with Crippen LogP contribution in [0.25, 0.3) is 0 Å². The predicted molar refractivity (Wildman–Crippen MR) is 299 cm³/mol. The van der Waals surface area contributed by atoms with Crippen LogP contribution in [0.15, 0.2) is 48.6 Å². The molecule has 0 saturated carbocycles. The summed E-state index contributed by atoms with van der Waals surface area (Å²) >= 11 is 0. The average Bonchev–Trinajstić information content (AvgIpc) is 3.37. The van der Waals surface area contributed by atoms with Gasteiger partial charge in [0.2, 0.25) is 5.91 Å². The summed E-state index contributed by atoms with van der Waals surface area (Å²) in [5, 5.41) is 54.4. The Labute approximate surface area is 437 Å². The van der Waals surface area contributed by atoms with E-state index in [-0.39, 0.29) is 12.5 Å². The fraction of sp³-hybridized carbons (Fsp3) is 0.855. The van der Waals surface area contributed by atoms with Gasteiger partial charge in [0, 0.05) is 6.42 Å². The summed E-state index contributed by atoms with van der Waals surface area (Å²) in [5.41, 5.74) is 0. The van der Waals surface area contributed by atoms with Gasteiger partial charge in [0.05, 0.1) is 25.4 Å². The number of aliphatic hydroxyl groups excluding tert-OH is 5. The lowest BCUT2D eigenvalue weighted by molar-refractivity contribution is -0.302. The summed E-state index contributed by atoms with van der Waals surface area (Å²) in [7, 11) is 0. The van der Waals surface area contributed by atoms with Gasteiger partial charge in [-0.05, 0) is 70.6 Å². The largest absolute Gasteiger partial charge is 0.394 e. The van der Waals surface area contributed by atoms with Crippen LogP contribution in [0.1, 0.15) is 284 Å². The van der Waals surface area contributed by atoms with Crippen molar-refractivity contribution in [3.63, 3.8) is 0 Å². The fourth-order valence-corrected chi connectivity index (χ4v) is 9.54. The zero-order valence-electron chi connectivity index (χ0n) is 46.2. The maximum absolute atomic E-state index is 13.0. The van der Waals surface area contributed by atoms with E-state index < -0.39 is 49.5 Å². The molecule has 0 aromatic rings. The van der Waals surface area contributed by atoms with Crippen molar-refractivity contribution in [3.05, 3.63) is 48.6 Å². The van der Waals surface area contributed by atoms with E-state index in [0.717, 1.165) is 51.4 Å². The molecule has 1 saturated heterocycles. The second-order valence-electron chi connectivity index (χ2n) is 21.1. The van der Waals surface area contributed by atoms with E-state index in [1.165, 1.54) is 212 Å². The number of ether oxygens (including phenoxy) is 2. The first-order chi connectivity index (χ1) is 34.8. The molecule has 1 fully saturated rings. The molecule has 416 valence electrons. The van der Waals surface area contributed by atoms with Gasteiger partial charge in [-0.15, -0.1) is 0 Å². The highest BCUT2D eigenvalue weighted by Gasteiger charge is 2.44. The number of allylic oxidation sites excluding steroid dienone is 7. The molecule has 7 atom stereocenters. The van der Waals surface area contributed by atoms with E-state index >= 15 is 0 Å². The third-order valence-corrected chi connectivity index (χ3v) is 14.4. The summed E-state index contributed by atoms with van der Waals surface area (Å²) in [4.78, 5) is 13.0. The van der Waals surface area contributed by atoms with Crippen LogP contribution in [0.3, 0.4) is 0 Å². The van der Waals surface area contributed by atoms with E-state index in [0.29, 0.717) is 6.42 Å². The maximum Gasteiger partial charge on any atom is 0.220 e. The minimum absolute atomic E-state index is 0.188. The zero-order valence-corrected chi connectivity index (χ0v) is 46.2. The summed E-state index contributed by atoms with van der Waals surface area (Å²) < 4.78 is 11.2. The molecule has 0 radical (unpaired) electrons. The van der Waals surface area contributed by atoms with Crippen molar-refractivity contribution in [2.45, 2.75) is 326 Å². The standard InChI is InChI=1S/C62H115NO8/c1-3-5-7-9-11-13-15-17-18-19-20-21-22-23-24-25-26-27-28-29-30-31-32-33-34-35-36-37-38-40-42-44-46-48-50-52-58(66)63-55(54-70-62-61(69)60(68)59(67)57(53-64)71-62)56(65)51-49-47-45-43-41-39-16-14-12-10-8-6-4-2/h12,14,19-20,41,43,49,51,55-57,59-62,64-65,67-69H,3-11,13,15-18,21-40,42,44-48,50,52-54H2,1-2H3,(H,63,66)/b14-12+,20-19-,43-41+,51-49+. The zero-order chi connectivity index (χ0) is 51.5. The third-order valence-electron chi connectivity index (χ3n) is 14.4. The maximum atomic E-state index is 13.0. The van der Waals surface area contributed by atoms with Crippen molar-refractivity contribution in [1.82, 2.24) is 5.32 Å². The lowest BCUT2D eigenvalue weighted by atomic mass is 9.99. The second kappa shape index (κ2) is 51.6. The van der Waals surface area contributed by atoms with Crippen LogP contribution in [0.4, 0.5) is 0 Å². The van der Waals surface area contributed by atoms with E-state index in [1.54, 1.807) is 6.08 Å². The fourth-order valence-electron chi connectivity index (χ4n) is 9.54. The summed E-state index contributed by atoms with van der Waals surface area (Å²) in [6.45, 7) is 3.74. The molecule has 0 bridgehead atoms. The first-order valence-corrected chi connectivity index (χ1v) is 30.4. The number of carbonyl (C=O) groups is 1. The van der Waals surface area contributed by atoms with Gasteiger partial charge in [-0.2, -0.15) is 0 Å². The van der Waals surface area contributed by atoms with Crippen LogP contribution in [0, 0.1) is 0 Å². The number of nitrogens with one attached hydrogen (secondary N) is 1. The molecule has 1 amide bonds. The topological polar surface area (TPSA) is 149 Å². The Hall–Kier alpha value is -1.85. The molecular formula is C62H115NO8. The normalized spacial score (nSPS) is 19.6. The van der Waals surface area contributed by atoms with Crippen LogP contribution in [-0.2, 0) is 14.3 Å². The molecule has 0 aromatic heterocycles. The third kappa shape index (κ3) is 41.1. The van der Waals surface area contributed by atoms with E-state index in [9.17, 15) is 30.3 Å². The van der Waals surface area contributed by atoms with Gasteiger partial charge in [-0.1, -0.05) is 255 Å². The number of unbranched alkanes of at least 4 members (excludes halogenated alkanes) is 36. The first kappa shape index (κ1) is 67.2. The van der Waals surface area contributed by atoms with Crippen LogP contribution >= 0.6 is 0 Å². The smallest absolute Gasteiger partial charge is 0.220 e. The Morgan fingerprint density at radius 3 is 1.21 bits per heavy atom. The molecule has 7 unspecified atom stereocenters. The number of carbonyl (C=O) groups excluding carboxylic acids is 1. The van der Waals surface area contributed by atoms with Gasteiger partial charge in [-0.25, -0.2) is 0 Å². The van der Waals surface area contributed by atoms with Crippen LogP contribution in [-0.4, -0.2) is 87.5 Å². The van der Waals surface area contributed by atoms with Gasteiger partial charge >= 0.3 is 0 Å². The SMILES string of the molecule is CCCCC/C=C/CC/C=C/CC/C=C/C(O)C(COC1OC(CO)C(O)C(O)C1O)NC(=O)CCCCCCCCCCCCCCCCCCCCCCCCC/C=C\CCCCCCCCCC. The number of hydrogen-bond acceptors (Lipinski definition) is 8. The molecule has 1 aliphatic heterocycles. The van der Waals surface area contributed by atoms with Crippen molar-refractivity contribution < 1.29 is 39.8 Å². The monoisotopic (exact) mass is 1000 g/mol. The molecule has 1 heterocycles. The molecule has 9 heteroatoms. The van der Waals surface area contributed by atoms with E-state index in [1.807, 2.05) is 6.08 Å². The minimum atomic E-state index is -1.57. The van der Waals surface area contributed by atoms with Gasteiger partial charge in [0.25, 0.3) is 0 Å². The van der Waals surface area contributed by atoms with Crippen molar-refractivity contribution in [1.29, 1.82) is 0 Å². The van der Waals surface area contributed by atoms with Crippen LogP contribution in [0.2, 0.25) is 0 Å². The average molecular weight is 1000 g/mol. The second-order valence-corrected chi connectivity index (χ2v) is 21.1. The van der Waals surface area contributed by atoms with Crippen molar-refractivity contribution >= 4 is 5.91 Å². The van der Waals surface area contributed by atoms with Gasteiger partial charge < -0.3 is 40.3 Å². The highest BCUT2D eigenvalue weighted by molar-refractivity contribution is 5.76. The molecule has 1 rings (SSSR count). The molecule has 6 N–H and O–H groups in total. The lowest BCUT2D eigenvalue weighted by Crippen LogP contribution is -2.60. The summed E-state index contributed by atoms with van der Waals surface area (Å²) in [5.74, 6) is -0.188. The Kier molecular flexibility index (Phi) is 48.8. The lowest BCUT2D eigenvalue weighted by Gasteiger charge is -2.40. The Bertz CT molecular complexity index is 1250. The Balaban J connectivity index is 2.08. The van der Waals surface area contributed by atoms with Crippen molar-refractivity contribution in [2.75, 3.05) is 13.2 Å². The van der Waals surface area contributed by atoms with E-state index in [4.69, 9.17) is 9.47 Å². The van der Waals surface area contributed by atoms with Crippen molar-refractivity contribution in [3.8, 4) is 0 Å². The van der Waals surface area contributed by atoms with Crippen molar-refractivity contribution in [2.24, 2.45) is 0 Å². The Morgan fingerprint density at radius 1 is 0.465 bits per heavy atom. The highest BCUT2D eigenvalue weighted by atomic mass is 16.7. The summed E-state index contributed by atoms with van der Waals surface area (Å²) in [6.07, 6.45) is 62.2. The predicted octanol–water partition coefficient (Wildman–Crippen LogP) is 15.3. The quantitative estimate of drug-likeness (QED) is 0.0261. The van der Waals surface area contributed by atoms with Crippen LogP contribution in [0.5, 0.6) is 0 Å². The number of amides is 1. The molecule has 71 heavy (non-hydrogen) atoms. The van der Waals surface area contributed by atoms with Crippen LogP contribution < -0.4 is 5.32 Å². The Morgan fingerprint density at radius 2 is 0.803 bits per heavy atom. The molecule has 0 aromatic carbocycles. The molecule has 0 aliphatic carbocycles. The minimum Gasteiger partial charge on any atom is -0.394 e. The van der Waals surface area contributed by atoms with Gasteiger partial charge in [0.1, 0.15) is 24.4 Å². The summed E-state index contributed by atoms with van der Waals surface area (Å²) in [6, 6.07) is -0.826. The molecular weight excluding hydrogens is 887 g/mol. The van der Waals surface area contributed by atoms with Gasteiger partial charge in [0.15, 0.2) is 6.29 Å². The molecule has 0 spiro atoms. The first-order valence-electron chi connectivity index (χ1n) is 30.4. The number of aliphatic hydroxyl groups is 5. The van der Waals surface area contributed by atoms with E-state index in [2.05, 4.69) is 55.6 Å². The molecule has 9 nitrogen and oxygen atoms in total. The molecule has 1 aliphatic rings. The highest BCUT2D eigenvalue weighted by Crippen LogP contribution is 2.23. The number of rotatable bonds is 52.